The summed E-state index contributed by atoms with van der Waals surface area (Å²) in [4.78, 5) is 22.0. The Balaban J connectivity index is 4.03. The van der Waals surface area contributed by atoms with E-state index in [4.69, 9.17) is 5.73 Å². The Labute approximate surface area is 71.8 Å². The second-order valence-electron chi connectivity index (χ2n) is 2.35. The highest BCUT2D eigenvalue weighted by atomic mass is 16.2. The Hall–Kier alpha value is -1.16. The smallest absolute Gasteiger partial charge is 0.292 e. The van der Waals surface area contributed by atoms with E-state index in [1.807, 2.05) is 0 Å². The van der Waals surface area contributed by atoms with E-state index in [2.05, 4.69) is 5.32 Å². The Morgan fingerprint density at radius 1 is 1.50 bits per heavy atom. The van der Waals surface area contributed by atoms with Gasteiger partial charge in [-0.1, -0.05) is 6.08 Å². The molecule has 0 aliphatic rings. The van der Waals surface area contributed by atoms with Gasteiger partial charge in [0.05, 0.1) is 0 Å². The third kappa shape index (κ3) is 3.30. The van der Waals surface area contributed by atoms with Crippen LogP contribution in [0, 0.1) is 0 Å². The van der Waals surface area contributed by atoms with E-state index < -0.39 is 11.7 Å². The Morgan fingerprint density at radius 2 is 2.08 bits per heavy atom. The van der Waals surface area contributed by atoms with Gasteiger partial charge in [-0.15, -0.1) is 0 Å². The van der Waals surface area contributed by atoms with Crippen molar-refractivity contribution >= 4 is 11.7 Å². The molecule has 12 heavy (non-hydrogen) atoms. The second kappa shape index (κ2) is 5.49. The zero-order valence-corrected chi connectivity index (χ0v) is 7.39. The van der Waals surface area contributed by atoms with Gasteiger partial charge in [0, 0.05) is 13.1 Å². The lowest BCUT2D eigenvalue weighted by Gasteiger charge is -2.01. The molecule has 0 radical (unpaired) electrons. The molecule has 0 aromatic carbocycles. The molecule has 0 atom stereocenters. The molecule has 0 saturated heterocycles. The SMILES string of the molecule is C/C=C(\C)C(=O)C(=O)NCCN. The molecule has 68 valence electrons. The van der Waals surface area contributed by atoms with Gasteiger partial charge in [-0.25, -0.2) is 0 Å². The molecule has 0 aliphatic carbocycles. The fraction of sp³-hybridized carbons (Fsp3) is 0.500. The van der Waals surface area contributed by atoms with Crippen molar-refractivity contribution in [3.05, 3.63) is 11.6 Å². The van der Waals surface area contributed by atoms with Crippen molar-refractivity contribution < 1.29 is 9.59 Å². The van der Waals surface area contributed by atoms with Crippen molar-refractivity contribution in [2.75, 3.05) is 13.1 Å². The van der Waals surface area contributed by atoms with E-state index in [0.29, 0.717) is 18.7 Å². The summed E-state index contributed by atoms with van der Waals surface area (Å²) in [5.74, 6) is -1.08. The Morgan fingerprint density at radius 3 is 2.50 bits per heavy atom. The van der Waals surface area contributed by atoms with Gasteiger partial charge in [0.1, 0.15) is 0 Å². The molecule has 0 saturated carbocycles. The average molecular weight is 170 g/mol. The minimum atomic E-state index is -0.587. The van der Waals surface area contributed by atoms with Crippen LogP contribution in [0.15, 0.2) is 11.6 Å². The summed E-state index contributed by atoms with van der Waals surface area (Å²) >= 11 is 0. The normalized spacial score (nSPS) is 11.1. The standard InChI is InChI=1S/C8H14N2O2/c1-3-6(2)7(11)8(12)10-5-4-9/h3H,4-5,9H2,1-2H3,(H,10,12)/b6-3+. The van der Waals surface area contributed by atoms with E-state index in [9.17, 15) is 9.59 Å². The van der Waals surface area contributed by atoms with Crippen molar-refractivity contribution in [1.82, 2.24) is 5.32 Å². The molecule has 0 bridgehead atoms. The summed E-state index contributed by atoms with van der Waals surface area (Å²) in [5, 5.41) is 2.39. The molecule has 0 spiro atoms. The van der Waals surface area contributed by atoms with Crippen molar-refractivity contribution in [3.8, 4) is 0 Å². The third-order valence-electron chi connectivity index (χ3n) is 1.43. The van der Waals surface area contributed by atoms with Crippen LogP contribution < -0.4 is 11.1 Å². The van der Waals surface area contributed by atoms with Gasteiger partial charge in [0.2, 0.25) is 5.78 Å². The highest BCUT2D eigenvalue weighted by Crippen LogP contribution is 1.93. The van der Waals surface area contributed by atoms with Gasteiger partial charge < -0.3 is 11.1 Å². The van der Waals surface area contributed by atoms with Crippen molar-refractivity contribution in [2.24, 2.45) is 5.73 Å². The van der Waals surface area contributed by atoms with Gasteiger partial charge in [0.15, 0.2) is 0 Å². The van der Waals surface area contributed by atoms with E-state index in [1.165, 1.54) is 0 Å². The maximum Gasteiger partial charge on any atom is 0.292 e. The molecule has 4 heteroatoms. The lowest BCUT2D eigenvalue weighted by atomic mass is 10.2. The Bertz CT molecular complexity index is 209. The first-order valence-electron chi connectivity index (χ1n) is 3.79. The first kappa shape index (κ1) is 10.8. The number of hydrogen-bond acceptors (Lipinski definition) is 3. The molecule has 1 amide bonds. The molecule has 0 aliphatic heterocycles. The third-order valence-corrected chi connectivity index (χ3v) is 1.43. The fourth-order valence-corrected chi connectivity index (χ4v) is 0.576. The molecular formula is C8H14N2O2. The number of ketones is 1. The number of carbonyl (C=O) groups is 2. The van der Waals surface area contributed by atoms with Crippen LogP contribution in [0.25, 0.3) is 0 Å². The van der Waals surface area contributed by atoms with Crippen molar-refractivity contribution in [2.45, 2.75) is 13.8 Å². The molecular weight excluding hydrogens is 156 g/mol. The zero-order chi connectivity index (χ0) is 9.56. The van der Waals surface area contributed by atoms with E-state index in [-0.39, 0.29) is 0 Å². The minimum Gasteiger partial charge on any atom is -0.348 e. The lowest BCUT2D eigenvalue weighted by molar-refractivity contribution is -0.135. The monoisotopic (exact) mass is 170 g/mol. The van der Waals surface area contributed by atoms with Gasteiger partial charge in [-0.2, -0.15) is 0 Å². The number of Topliss-reactive ketones (excluding diaryl/α,β-unsaturated/α-hetero) is 1. The number of hydrogen-bond donors (Lipinski definition) is 2. The maximum absolute atomic E-state index is 11.1. The zero-order valence-electron chi connectivity index (χ0n) is 7.39. The van der Waals surface area contributed by atoms with Crippen LogP contribution in [0.3, 0.4) is 0 Å². The highest BCUT2D eigenvalue weighted by Gasteiger charge is 2.13. The topological polar surface area (TPSA) is 72.2 Å². The summed E-state index contributed by atoms with van der Waals surface area (Å²) in [6, 6.07) is 0. The molecule has 0 aromatic heterocycles. The molecule has 0 unspecified atom stereocenters. The van der Waals surface area contributed by atoms with E-state index in [1.54, 1.807) is 19.9 Å². The Kier molecular flexibility index (Phi) is 4.96. The van der Waals surface area contributed by atoms with Crippen LogP contribution in [0.1, 0.15) is 13.8 Å². The van der Waals surface area contributed by atoms with E-state index in [0.717, 1.165) is 0 Å². The first-order chi connectivity index (χ1) is 5.63. The van der Waals surface area contributed by atoms with Crippen LogP contribution in [0.4, 0.5) is 0 Å². The van der Waals surface area contributed by atoms with Gasteiger partial charge in [0.25, 0.3) is 5.91 Å². The lowest BCUT2D eigenvalue weighted by Crippen LogP contribution is -2.34. The number of allylic oxidation sites excluding steroid dienone is 1. The van der Waals surface area contributed by atoms with Gasteiger partial charge >= 0.3 is 0 Å². The molecule has 0 fully saturated rings. The van der Waals surface area contributed by atoms with Crippen LogP contribution in [0.5, 0.6) is 0 Å². The molecule has 0 heterocycles. The highest BCUT2D eigenvalue weighted by molar-refractivity contribution is 6.42. The van der Waals surface area contributed by atoms with Gasteiger partial charge in [-0.05, 0) is 19.4 Å². The fourth-order valence-electron chi connectivity index (χ4n) is 0.576. The average Bonchev–Trinajstić information content (AvgIpc) is 2.11. The number of nitrogens with one attached hydrogen (secondary N) is 1. The quantitative estimate of drug-likeness (QED) is 0.445. The molecule has 3 N–H and O–H groups in total. The largest absolute Gasteiger partial charge is 0.348 e. The summed E-state index contributed by atoms with van der Waals surface area (Å²) in [6.45, 7) is 3.99. The van der Waals surface area contributed by atoms with Crippen LogP contribution >= 0.6 is 0 Å². The maximum atomic E-state index is 11.1. The molecule has 0 rings (SSSR count). The van der Waals surface area contributed by atoms with Crippen molar-refractivity contribution in [1.29, 1.82) is 0 Å². The van der Waals surface area contributed by atoms with Gasteiger partial charge in [-0.3, -0.25) is 9.59 Å². The minimum absolute atomic E-state index is 0.335. The van der Waals surface area contributed by atoms with Crippen molar-refractivity contribution in [3.63, 3.8) is 0 Å². The number of carbonyl (C=O) groups excluding carboxylic acids is 2. The molecule has 4 nitrogen and oxygen atoms in total. The van der Waals surface area contributed by atoms with E-state index >= 15 is 0 Å². The first-order valence-corrected chi connectivity index (χ1v) is 3.79. The second-order valence-corrected chi connectivity index (χ2v) is 2.35. The predicted molar refractivity (Wildman–Crippen MR) is 46.5 cm³/mol. The summed E-state index contributed by atoms with van der Waals surface area (Å²) in [5.41, 5.74) is 5.59. The summed E-state index contributed by atoms with van der Waals surface area (Å²) in [6.07, 6.45) is 1.60. The summed E-state index contributed by atoms with van der Waals surface area (Å²) < 4.78 is 0. The number of nitrogens with two attached hydrogens (primary N) is 1. The van der Waals surface area contributed by atoms with Crippen LogP contribution in [-0.4, -0.2) is 24.8 Å². The van der Waals surface area contributed by atoms with Crippen LogP contribution in [-0.2, 0) is 9.59 Å². The predicted octanol–water partition coefficient (Wildman–Crippen LogP) is -0.403. The molecule has 0 aromatic rings. The summed E-state index contributed by atoms with van der Waals surface area (Å²) in [7, 11) is 0. The number of rotatable bonds is 4. The number of amides is 1. The van der Waals surface area contributed by atoms with Crippen LogP contribution in [0.2, 0.25) is 0 Å².